The minimum Gasteiger partial charge on any atom is -0.341 e. The van der Waals surface area contributed by atoms with Gasteiger partial charge in [-0.1, -0.05) is 30.3 Å². The smallest absolute Gasteiger partial charge is 0.227 e. The Morgan fingerprint density at radius 1 is 1.41 bits per heavy atom. The molecule has 1 N–H and O–H groups in total. The average Bonchev–Trinajstić information content (AvgIpc) is 2.40. The van der Waals surface area contributed by atoms with Crippen LogP contribution in [-0.4, -0.2) is 30.9 Å². The van der Waals surface area contributed by atoms with Crippen molar-refractivity contribution in [2.45, 2.75) is 19.4 Å². The van der Waals surface area contributed by atoms with Gasteiger partial charge in [0.2, 0.25) is 5.91 Å². The molecular formula is C14H20N2O. The van der Waals surface area contributed by atoms with Gasteiger partial charge in [-0.3, -0.25) is 4.79 Å². The molecule has 0 bridgehead atoms. The minimum atomic E-state index is 0.164. The molecule has 0 aromatic heterocycles. The molecule has 1 aliphatic heterocycles. The maximum atomic E-state index is 12.2. The second-order valence-electron chi connectivity index (χ2n) is 4.72. The molecule has 1 heterocycles. The highest BCUT2D eigenvalue weighted by Crippen LogP contribution is 2.14. The predicted octanol–water partition coefficient (Wildman–Crippen LogP) is 1.64. The number of carbonyl (C=O) groups is 1. The molecular weight excluding hydrogens is 212 g/mol. The fourth-order valence-electron chi connectivity index (χ4n) is 2.31. The van der Waals surface area contributed by atoms with E-state index >= 15 is 0 Å². The second-order valence-corrected chi connectivity index (χ2v) is 4.72. The first-order valence-corrected chi connectivity index (χ1v) is 6.27. The molecule has 2 rings (SSSR count). The molecule has 3 heteroatoms. The number of piperidine rings is 1. The van der Waals surface area contributed by atoms with Crippen molar-refractivity contribution < 1.29 is 4.79 Å². The molecule has 1 aromatic rings. The van der Waals surface area contributed by atoms with Gasteiger partial charge in [-0.15, -0.1) is 0 Å². The third kappa shape index (κ3) is 3.30. The Bertz CT molecular complexity index is 358. The van der Waals surface area contributed by atoms with Gasteiger partial charge in [-0.2, -0.15) is 0 Å². The van der Waals surface area contributed by atoms with Crippen LogP contribution in [-0.2, 0) is 11.3 Å². The summed E-state index contributed by atoms with van der Waals surface area (Å²) in [5, 5.41) is 3.29. The highest BCUT2D eigenvalue weighted by molar-refractivity contribution is 5.78. The molecule has 0 spiro atoms. The Balaban J connectivity index is 1.90. The van der Waals surface area contributed by atoms with Crippen molar-refractivity contribution in [1.82, 2.24) is 10.2 Å². The lowest BCUT2D eigenvalue weighted by Crippen LogP contribution is -2.41. The minimum absolute atomic E-state index is 0.164. The average molecular weight is 232 g/mol. The van der Waals surface area contributed by atoms with Crippen molar-refractivity contribution in [3.05, 3.63) is 35.9 Å². The number of nitrogens with zero attached hydrogens (tertiary/aromatic N) is 1. The summed E-state index contributed by atoms with van der Waals surface area (Å²) in [5.41, 5.74) is 1.19. The second kappa shape index (κ2) is 5.82. The first-order valence-electron chi connectivity index (χ1n) is 6.27. The molecule has 17 heavy (non-hydrogen) atoms. The molecule has 1 unspecified atom stereocenters. The lowest BCUT2D eigenvalue weighted by molar-refractivity contribution is -0.135. The highest BCUT2D eigenvalue weighted by atomic mass is 16.2. The molecule has 92 valence electrons. The summed E-state index contributed by atoms with van der Waals surface area (Å²) < 4.78 is 0. The van der Waals surface area contributed by atoms with Crippen molar-refractivity contribution in [3.8, 4) is 0 Å². The van der Waals surface area contributed by atoms with Crippen LogP contribution in [0.25, 0.3) is 0 Å². The number of amides is 1. The standard InChI is InChI=1S/C14H20N2O/c1-16(11-12-6-3-2-4-7-12)14(17)13-8-5-9-15-10-13/h2-4,6-7,13,15H,5,8-11H2,1H3. The van der Waals surface area contributed by atoms with Crippen molar-refractivity contribution in [1.29, 1.82) is 0 Å². The maximum Gasteiger partial charge on any atom is 0.227 e. The van der Waals surface area contributed by atoms with Crippen molar-refractivity contribution in [2.24, 2.45) is 5.92 Å². The lowest BCUT2D eigenvalue weighted by Gasteiger charge is -2.27. The van der Waals surface area contributed by atoms with Gasteiger partial charge in [0, 0.05) is 20.1 Å². The Morgan fingerprint density at radius 3 is 2.82 bits per heavy atom. The lowest BCUT2D eigenvalue weighted by atomic mass is 9.98. The number of hydrogen-bond acceptors (Lipinski definition) is 2. The Hall–Kier alpha value is -1.35. The summed E-state index contributed by atoms with van der Waals surface area (Å²) in [4.78, 5) is 14.0. The molecule has 1 aliphatic rings. The Morgan fingerprint density at radius 2 is 2.18 bits per heavy atom. The maximum absolute atomic E-state index is 12.2. The van der Waals surface area contributed by atoms with E-state index in [4.69, 9.17) is 0 Å². The summed E-state index contributed by atoms with van der Waals surface area (Å²) >= 11 is 0. The summed E-state index contributed by atoms with van der Waals surface area (Å²) in [6, 6.07) is 10.1. The van der Waals surface area contributed by atoms with E-state index in [0.717, 1.165) is 25.9 Å². The zero-order valence-corrected chi connectivity index (χ0v) is 10.4. The molecule has 1 fully saturated rings. The fraction of sp³-hybridized carbons (Fsp3) is 0.500. The van der Waals surface area contributed by atoms with Crippen LogP contribution in [0.5, 0.6) is 0 Å². The number of rotatable bonds is 3. The summed E-state index contributed by atoms with van der Waals surface area (Å²) in [5.74, 6) is 0.429. The molecule has 1 saturated heterocycles. The van der Waals surface area contributed by atoms with Gasteiger partial charge in [0.25, 0.3) is 0 Å². The van der Waals surface area contributed by atoms with Crippen LogP contribution in [0.15, 0.2) is 30.3 Å². The monoisotopic (exact) mass is 232 g/mol. The topological polar surface area (TPSA) is 32.3 Å². The van der Waals surface area contributed by atoms with E-state index in [9.17, 15) is 4.79 Å². The normalized spacial score (nSPS) is 19.9. The molecule has 0 saturated carbocycles. The van der Waals surface area contributed by atoms with Gasteiger partial charge in [0.05, 0.1) is 5.92 Å². The van der Waals surface area contributed by atoms with Crippen LogP contribution in [0.1, 0.15) is 18.4 Å². The van der Waals surface area contributed by atoms with Gasteiger partial charge >= 0.3 is 0 Å². The third-order valence-electron chi connectivity index (χ3n) is 3.28. The summed E-state index contributed by atoms with van der Waals surface area (Å²) in [6.07, 6.45) is 2.13. The molecule has 0 radical (unpaired) electrons. The van der Waals surface area contributed by atoms with E-state index < -0.39 is 0 Å². The van der Waals surface area contributed by atoms with Crippen LogP contribution in [0, 0.1) is 5.92 Å². The van der Waals surface area contributed by atoms with Gasteiger partial charge in [-0.05, 0) is 24.9 Å². The number of carbonyl (C=O) groups excluding carboxylic acids is 1. The van der Waals surface area contributed by atoms with Gasteiger partial charge in [-0.25, -0.2) is 0 Å². The van der Waals surface area contributed by atoms with Crippen LogP contribution in [0.3, 0.4) is 0 Å². The van der Waals surface area contributed by atoms with E-state index in [-0.39, 0.29) is 11.8 Å². The van der Waals surface area contributed by atoms with E-state index in [2.05, 4.69) is 17.4 Å². The van der Waals surface area contributed by atoms with Crippen molar-refractivity contribution in [3.63, 3.8) is 0 Å². The first kappa shape index (κ1) is 12.1. The number of nitrogens with one attached hydrogen (secondary N) is 1. The highest BCUT2D eigenvalue weighted by Gasteiger charge is 2.23. The predicted molar refractivity (Wildman–Crippen MR) is 68.5 cm³/mol. The molecule has 1 amide bonds. The van der Waals surface area contributed by atoms with E-state index in [1.807, 2.05) is 30.1 Å². The molecule has 0 aliphatic carbocycles. The van der Waals surface area contributed by atoms with Gasteiger partial charge in [0.1, 0.15) is 0 Å². The van der Waals surface area contributed by atoms with Crippen LogP contribution in [0.2, 0.25) is 0 Å². The molecule has 1 atom stereocenters. The zero-order chi connectivity index (χ0) is 12.1. The summed E-state index contributed by atoms with van der Waals surface area (Å²) in [7, 11) is 1.89. The fourth-order valence-corrected chi connectivity index (χ4v) is 2.31. The SMILES string of the molecule is CN(Cc1ccccc1)C(=O)C1CCCNC1. The zero-order valence-electron chi connectivity index (χ0n) is 10.4. The third-order valence-corrected chi connectivity index (χ3v) is 3.28. The Labute approximate surface area is 103 Å². The van der Waals surface area contributed by atoms with Crippen molar-refractivity contribution >= 4 is 5.91 Å². The molecule has 1 aromatic carbocycles. The van der Waals surface area contributed by atoms with Crippen LogP contribution in [0.4, 0.5) is 0 Å². The quantitative estimate of drug-likeness (QED) is 0.859. The van der Waals surface area contributed by atoms with Crippen molar-refractivity contribution in [2.75, 3.05) is 20.1 Å². The number of hydrogen-bond donors (Lipinski definition) is 1. The van der Waals surface area contributed by atoms with E-state index in [1.54, 1.807) is 0 Å². The van der Waals surface area contributed by atoms with Gasteiger partial charge < -0.3 is 10.2 Å². The van der Waals surface area contributed by atoms with E-state index in [0.29, 0.717) is 6.54 Å². The number of benzene rings is 1. The van der Waals surface area contributed by atoms with Gasteiger partial charge in [0.15, 0.2) is 0 Å². The van der Waals surface area contributed by atoms with E-state index in [1.165, 1.54) is 5.56 Å². The largest absolute Gasteiger partial charge is 0.341 e. The first-order chi connectivity index (χ1) is 8.27. The van der Waals surface area contributed by atoms with Crippen LogP contribution < -0.4 is 5.32 Å². The summed E-state index contributed by atoms with van der Waals surface area (Å²) in [6.45, 7) is 2.58. The Kier molecular flexibility index (Phi) is 4.15. The molecule has 3 nitrogen and oxygen atoms in total. The van der Waals surface area contributed by atoms with Crippen LogP contribution >= 0.6 is 0 Å².